The lowest BCUT2D eigenvalue weighted by molar-refractivity contribution is -0.149. The number of carbonyl (C=O) groups is 1. The quantitative estimate of drug-likeness (QED) is 0.293. The van der Waals surface area contributed by atoms with Crippen molar-refractivity contribution in [3.05, 3.63) is 9.93 Å². The first-order valence-electron chi connectivity index (χ1n) is 5.83. The van der Waals surface area contributed by atoms with Gasteiger partial charge in [0, 0.05) is 28.5 Å². The van der Waals surface area contributed by atoms with E-state index in [0.717, 1.165) is 7.11 Å². The fraction of sp³-hybridized carbons (Fsp3) is 0.750. The summed E-state index contributed by atoms with van der Waals surface area (Å²) in [5, 5.41) is -2.44. The van der Waals surface area contributed by atoms with Gasteiger partial charge in [0.05, 0.1) is 13.5 Å². The molecule has 0 amide bonds. The predicted molar refractivity (Wildman–Crippen MR) is 73.0 cm³/mol. The van der Waals surface area contributed by atoms with E-state index < -0.39 is 29.3 Å². The van der Waals surface area contributed by atoms with E-state index in [1.165, 1.54) is 0 Å². The number of esters is 1. The Morgan fingerprint density at radius 3 is 2.19 bits per heavy atom. The van der Waals surface area contributed by atoms with Crippen molar-refractivity contribution in [2.24, 2.45) is 0 Å². The van der Waals surface area contributed by atoms with Crippen LogP contribution in [0.5, 0.6) is 0 Å². The Morgan fingerprint density at radius 1 is 1.19 bits per heavy atom. The van der Waals surface area contributed by atoms with Crippen LogP contribution in [0.2, 0.25) is 0 Å². The van der Waals surface area contributed by atoms with Gasteiger partial charge in [-0.15, -0.1) is 24.1 Å². The van der Waals surface area contributed by atoms with E-state index in [-0.39, 0.29) is 6.42 Å². The first-order valence-corrected chi connectivity index (χ1v) is 6.82. The lowest BCUT2D eigenvalue weighted by Crippen LogP contribution is -2.32. The highest BCUT2D eigenvalue weighted by Gasteiger charge is 2.41. The van der Waals surface area contributed by atoms with Crippen molar-refractivity contribution in [2.75, 3.05) is 12.9 Å². The topological polar surface area (TPSA) is 60.4 Å². The molecule has 4 nitrogen and oxygen atoms in total. The van der Waals surface area contributed by atoms with Gasteiger partial charge in [-0.1, -0.05) is 0 Å². The number of carbonyl (C=O) groups excluding carboxylic acids is 1. The standard InChI is InChI=1S/C12H16F4O2S.O2/c1-3-4-5-6-7-11(13,10(17)18-2)19-9-8-12(14,15)16;1-2/h1H,4-9H2,2H3;. The molecule has 1 atom stereocenters. The molecule has 0 saturated carbocycles. The highest BCUT2D eigenvalue weighted by atomic mass is 32.2. The third-order valence-corrected chi connectivity index (χ3v) is 3.51. The van der Waals surface area contributed by atoms with Gasteiger partial charge >= 0.3 is 12.1 Å². The Bertz CT molecular complexity index is 343. The van der Waals surface area contributed by atoms with Crippen LogP contribution in [0.3, 0.4) is 0 Å². The van der Waals surface area contributed by atoms with Crippen LogP contribution in [-0.4, -0.2) is 30.0 Å². The van der Waals surface area contributed by atoms with Crippen molar-refractivity contribution in [1.82, 2.24) is 0 Å². The summed E-state index contributed by atoms with van der Waals surface area (Å²) in [4.78, 5) is 25.3. The molecule has 0 saturated heterocycles. The molecule has 0 aliphatic carbocycles. The van der Waals surface area contributed by atoms with Gasteiger partial charge in [0.2, 0.25) is 0 Å². The predicted octanol–water partition coefficient (Wildman–Crippen LogP) is 3.77. The van der Waals surface area contributed by atoms with Crippen molar-refractivity contribution < 1.29 is 27.1 Å². The molecule has 122 valence electrons. The first-order chi connectivity index (χ1) is 9.75. The van der Waals surface area contributed by atoms with Crippen molar-refractivity contribution in [1.29, 1.82) is 0 Å². The summed E-state index contributed by atoms with van der Waals surface area (Å²) in [5.41, 5.74) is 0. The van der Waals surface area contributed by atoms with Crippen LogP contribution in [0.25, 0.3) is 0 Å². The molecule has 0 aliphatic rings. The van der Waals surface area contributed by atoms with Crippen LogP contribution in [0.1, 0.15) is 32.1 Å². The number of ether oxygens (including phenoxy) is 1. The molecule has 0 radical (unpaired) electrons. The number of halogens is 4. The molecule has 0 rings (SSSR count). The number of methoxy groups -OCH3 is 1. The smallest absolute Gasteiger partial charge is 0.389 e. The normalized spacial score (nSPS) is 13.3. The van der Waals surface area contributed by atoms with Gasteiger partial charge in [0.15, 0.2) is 0 Å². The van der Waals surface area contributed by atoms with Crippen molar-refractivity contribution in [2.45, 2.75) is 43.3 Å². The van der Waals surface area contributed by atoms with Crippen molar-refractivity contribution >= 4 is 17.7 Å². The summed E-state index contributed by atoms with van der Waals surface area (Å²) in [7, 11) is 1.00. The minimum absolute atomic E-state index is 0.204. The first kappa shape index (κ1) is 22.0. The second-order valence-electron chi connectivity index (χ2n) is 3.84. The molecule has 9 heteroatoms. The number of thioether (sulfide) groups is 1. The van der Waals surface area contributed by atoms with Crippen molar-refractivity contribution in [3.8, 4) is 12.3 Å². The number of terminal acetylenes is 1. The van der Waals surface area contributed by atoms with Gasteiger partial charge in [0.1, 0.15) is 0 Å². The average Bonchev–Trinajstić information content (AvgIpc) is 2.43. The molecule has 1 unspecified atom stereocenters. The Balaban J connectivity index is 0. The third kappa shape index (κ3) is 11.1. The number of alkyl halides is 4. The Morgan fingerprint density at radius 2 is 1.76 bits per heavy atom. The minimum atomic E-state index is -4.37. The number of unbranched alkanes of at least 4 members (excludes halogenated alkanes) is 2. The van der Waals surface area contributed by atoms with E-state index in [1.54, 1.807) is 0 Å². The fourth-order valence-electron chi connectivity index (χ4n) is 1.29. The van der Waals surface area contributed by atoms with Crippen LogP contribution < -0.4 is 0 Å². The Kier molecular flexibility index (Phi) is 11.9. The number of hydrogen-bond acceptors (Lipinski definition) is 5. The average molecular weight is 332 g/mol. The SMILES string of the molecule is C#CCCCCC(F)(SCCC(F)(F)F)C(=O)OC.O=O. The van der Waals surface area contributed by atoms with E-state index >= 15 is 0 Å². The van der Waals surface area contributed by atoms with E-state index in [4.69, 9.17) is 16.4 Å². The number of rotatable bonds is 8. The van der Waals surface area contributed by atoms with Gasteiger partial charge in [-0.25, -0.2) is 9.18 Å². The lowest BCUT2D eigenvalue weighted by Gasteiger charge is -2.22. The lowest BCUT2D eigenvalue weighted by atomic mass is 10.1. The van der Waals surface area contributed by atoms with Gasteiger partial charge < -0.3 is 4.74 Å². The fourth-order valence-corrected chi connectivity index (χ4v) is 2.44. The molecular formula is C12H16F4O4S. The molecule has 0 aromatic rings. The van der Waals surface area contributed by atoms with E-state index in [9.17, 15) is 22.4 Å². The summed E-state index contributed by atoms with van der Waals surface area (Å²) in [6.45, 7) is 0. The molecule has 21 heavy (non-hydrogen) atoms. The second kappa shape index (κ2) is 11.4. The third-order valence-electron chi connectivity index (χ3n) is 2.28. The summed E-state index contributed by atoms with van der Waals surface area (Å²) in [6.07, 6.45) is 0.569. The highest BCUT2D eigenvalue weighted by molar-refractivity contribution is 8.01. The van der Waals surface area contributed by atoms with E-state index in [2.05, 4.69) is 10.7 Å². The van der Waals surface area contributed by atoms with E-state index in [0.29, 0.717) is 31.0 Å². The van der Waals surface area contributed by atoms with Gasteiger partial charge in [-0.2, -0.15) is 13.2 Å². The highest BCUT2D eigenvalue weighted by Crippen LogP contribution is 2.36. The largest absolute Gasteiger partial charge is 0.466 e. The monoisotopic (exact) mass is 332 g/mol. The maximum absolute atomic E-state index is 14.3. The maximum Gasteiger partial charge on any atom is 0.389 e. The van der Waals surface area contributed by atoms with Crippen LogP contribution in [-0.2, 0) is 9.53 Å². The molecule has 0 spiro atoms. The molecule has 0 N–H and O–H groups in total. The van der Waals surface area contributed by atoms with Crippen LogP contribution in [0.4, 0.5) is 17.6 Å². The zero-order valence-electron chi connectivity index (χ0n) is 11.4. The summed E-state index contributed by atoms with van der Waals surface area (Å²) < 4.78 is 54.5. The summed E-state index contributed by atoms with van der Waals surface area (Å²) in [6, 6.07) is 0. The van der Waals surface area contributed by atoms with Crippen LogP contribution in [0.15, 0.2) is 0 Å². The zero-order chi connectivity index (χ0) is 16.9. The second-order valence-corrected chi connectivity index (χ2v) is 5.19. The number of hydrogen-bond donors (Lipinski definition) is 0. The molecule has 0 aromatic carbocycles. The zero-order valence-corrected chi connectivity index (χ0v) is 12.2. The van der Waals surface area contributed by atoms with Crippen LogP contribution in [0, 0.1) is 22.3 Å². The molecule has 0 bridgehead atoms. The Hall–Kier alpha value is -1.30. The molecule has 0 aliphatic heterocycles. The Labute approximate surface area is 124 Å². The summed E-state index contributed by atoms with van der Waals surface area (Å²) >= 11 is 0.329. The van der Waals surface area contributed by atoms with Crippen molar-refractivity contribution in [3.63, 3.8) is 0 Å². The van der Waals surface area contributed by atoms with E-state index in [1.807, 2.05) is 0 Å². The van der Waals surface area contributed by atoms with Gasteiger partial charge in [-0.3, -0.25) is 0 Å². The minimum Gasteiger partial charge on any atom is -0.466 e. The summed E-state index contributed by atoms with van der Waals surface area (Å²) in [5.74, 6) is 0.690. The van der Waals surface area contributed by atoms with Crippen LogP contribution >= 0.6 is 11.8 Å². The molecule has 0 aromatic heterocycles. The molecule has 0 heterocycles. The molecule has 0 fully saturated rings. The van der Waals surface area contributed by atoms with Gasteiger partial charge in [-0.05, 0) is 12.8 Å². The van der Waals surface area contributed by atoms with Gasteiger partial charge in [0.25, 0.3) is 5.00 Å². The molecular weight excluding hydrogens is 316 g/mol. The maximum atomic E-state index is 14.3.